The van der Waals surface area contributed by atoms with Crippen LogP contribution in [-0.2, 0) is 4.79 Å². The van der Waals surface area contributed by atoms with E-state index in [-0.39, 0.29) is 5.96 Å². The lowest BCUT2D eigenvalue weighted by molar-refractivity contribution is -0.115. The fourth-order valence-electron chi connectivity index (χ4n) is 1.90. The second-order valence-electron chi connectivity index (χ2n) is 4.16. The first-order valence-electron chi connectivity index (χ1n) is 5.92. The Morgan fingerprint density at radius 3 is 2.56 bits per heavy atom. The molecule has 0 amide bonds. The zero-order valence-corrected chi connectivity index (χ0v) is 10.5. The number of guanidine groups is 1. The number of hydrogen-bond donors (Lipinski definition) is 2. The van der Waals surface area contributed by atoms with E-state index in [0.29, 0.717) is 17.6 Å². The highest BCUT2D eigenvalue weighted by Crippen LogP contribution is 2.28. The van der Waals surface area contributed by atoms with Crippen LogP contribution in [0.4, 0.5) is 0 Å². The molecule has 0 aromatic carbocycles. The molecule has 5 heteroatoms. The fourth-order valence-corrected chi connectivity index (χ4v) is 2.85. The Bertz CT molecular complexity index is 246. The third-order valence-corrected chi connectivity index (χ3v) is 3.89. The van der Waals surface area contributed by atoms with E-state index in [1.165, 1.54) is 31.0 Å². The van der Waals surface area contributed by atoms with Crippen LogP contribution in [0, 0.1) is 5.92 Å². The molecule has 0 saturated heterocycles. The molecule has 0 unspecified atom stereocenters. The molecule has 0 atom stereocenters. The van der Waals surface area contributed by atoms with Gasteiger partial charge in [-0.2, -0.15) is 0 Å². The van der Waals surface area contributed by atoms with E-state index in [0.717, 1.165) is 25.0 Å². The monoisotopic (exact) mass is 243 g/mol. The van der Waals surface area contributed by atoms with Crippen LogP contribution in [0.3, 0.4) is 0 Å². The van der Waals surface area contributed by atoms with Crippen molar-refractivity contribution >= 4 is 22.8 Å². The summed E-state index contributed by atoms with van der Waals surface area (Å²) >= 11 is 1.44. The molecule has 1 fully saturated rings. The van der Waals surface area contributed by atoms with Crippen LogP contribution in [0.5, 0.6) is 0 Å². The van der Waals surface area contributed by atoms with Gasteiger partial charge in [0.1, 0.15) is 0 Å². The minimum absolute atomic E-state index is 0.128. The van der Waals surface area contributed by atoms with Crippen molar-refractivity contribution in [2.24, 2.45) is 22.4 Å². The van der Waals surface area contributed by atoms with Gasteiger partial charge in [-0.05, 0) is 19.3 Å². The van der Waals surface area contributed by atoms with Gasteiger partial charge in [-0.1, -0.05) is 31.0 Å². The second-order valence-corrected chi connectivity index (χ2v) is 5.26. The highest BCUT2D eigenvalue weighted by molar-refractivity contribution is 8.13. The third kappa shape index (κ3) is 5.39. The molecular weight excluding hydrogens is 222 g/mol. The van der Waals surface area contributed by atoms with E-state index in [9.17, 15) is 4.79 Å². The van der Waals surface area contributed by atoms with Gasteiger partial charge in [0.25, 0.3) is 0 Å². The van der Waals surface area contributed by atoms with Crippen LogP contribution in [0.15, 0.2) is 4.99 Å². The molecule has 16 heavy (non-hydrogen) atoms. The lowest BCUT2D eigenvalue weighted by atomic mass is 9.90. The summed E-state index contributed by atoms with van der Waals surface area (Å²) in [4.78, 5) is 15.7. The van der Waals surface area contributed by atoms with E-state index in [4.69, 9.17) is 11.5 Å². The largest absolute Gasteiger partial charge is 0.370 e. The van der Waals surface area contributed by atoms with Crippen molar-refractivity contribution in [3.05, 3.63) is 0 Å². The number of thioether (sulfide) groups is 1. The van der Waals surface area contributed by atoms with Gasteiger partial charge < -0.3 is 11.5 Å². The fraction of sp³-hybridized carbons (Fsp3) is 0.818. The van der Waals surface area contributed by atoms with Crippen molar-refractivity contribution in [1.82, 2.24) is 0 Å². The quantitative estimate of drug-likeness (QED) is 0.435. The number of nitrogens with two attached hydrogens (primary N) is 2. The standard InChI is InChI=1S/C11H21N3OS/c12-11(13)14-7-4-8-16-10(15)9-5-2-1-3-6-9/h9H,1-8H2,(H4,12,13,14). The van der Waals surface area contributed by atoms with E-state index >= 15 is 0 Å². The highest BCUT2D eigenvalue weighted by Gasteiger charge is 2.20. The van der Waals surface area contributed by atoms with Gasteiger partial charge in [-0.3, -0.25) is 9.79 Å². The van der Waals surface area contributed by atoms with E-state index in [1.54, 1.807) is 0 Å². The van der Waals surface area contributed by atoms with Crippen LogP contribution in [-0.4, -0.2) is 23.4 Å². The zero-order valence-electron chi connectivity index (χ0n) is 9.65. The van der Waals surface area contributed by atoms with Crippen LogP contribution < -0.4 is 11.5 Å². The van der Waals surface area contributed by atoms with Crippen LogP contribution in [0.25, 0.3) is 0 Å². The van der Waals surface area contributed by atoms with Crippen molar-refractivity contribution in [2.45, 2.75) is 38.5 Å². The molecule has 4 N–H and O–H groups in total. The molecule has 1 aliphatic carbocycles. The van der Waals surface area contributed by atoms with E-state index < -0.39 is 0 Å². The molecule has 0 heterocycles. The van der Waals surface area contributed by atoms with Crippen molar-refractivity contribution in [2.75, 3.05) is 12.3 Å². The van der Waals surface area contributed by atoms with Crippen LogP contribution in [0.2, 0.25) is 0 Å². The van der Waals surface area contributed by atoms with Crippen molar-refractivity contribution in [1.29, 1.82) is 0 Å². The van der Waals surface area contributed by atoms with Crippen molar-refractivity contribution in [3.63, 3.8) is 0 Å². The second kappa shape index (κ2) is 7.54. The molecule has 1 saturated carbocycles. The van der Waals surface area contributed by atoms with Crippen molar-refractivity contribution < 1.29 is 4.79 Å². The summed E-state index contributed by atoms with van der Waals surface area (Å²) in [6.07, 6.45) is 6.75. The number of rotatable bonds is 5. The summed E-state index contributed by atoms with van der Waals surface area (Å²) in [7, 11) is 0. The summed E-state index contributed by atoms with van der Waals surface area (Å²) in [5.74, 6) is 1.26. The summed E-state index contributed by atoms with van der Waals surface area (Å²) in [5.41, 5.74) is 10.4. The maximum Gasteiger partial charge on any atom is 0.192 e. The van der Waals surface area contributed by atoms with Gasteiger partial charge in [0.15, 0.2) is 11.1 Å². The molecule has 0 bridgehead atoms. The van der Waals surface area contributed by atoms with Gasteiger partial charge in [0.05, 0.1) is 0 Å². The molecule has 1 aliphatic rings. The van der Waals surface area contributed by atoms with E-state index in [1.807, 2.05) is 0 Å². The molecule has 0 aromatic heterocycles. The molecular formula is C11H21N3OS. The van der Waals surface area contributed by atoms with Gasteiger partial charge >= 0.3 is 0 Å². The summed E-state index contributed by atoms with van der Waals surface area (Å²) in [6, 6.07) is 0. The average molecular weight is 243 g/mol. The lowest BCUT2D eigenvalue weighted by Crippen LogP contribution is -2.23. The minimum Gasteiger partial charge on any atom is -0.370 e. The molecule has 0 radical (unpaired) electrons. The lowest BCUT2D eigenvalue weighted by Gasteiger charge is -2.19. The molecule has 92 valence electrons. The first-order valence-corrected chi connectivity index (χ1v) is 6.90. The van der Waals surface area contributed by atoms with Crippen LogP contribution in [0.1, 0.15) is 38.5 Å². The van der Waals surface area contributed by atoms with Gasteiger partial charge in [0.2, 0.25) is 0 Å². The number of carbonyl (C=O) groups is 1. The SMILES string of the molecule is NC(N)=NCCCSC(=O)C1CCCCC1. The maximum absolute atomic E-state index is 11.8. The van der Waals surface area contributed by atoms with Gasteiger partial charge in [0, 0.05) is 18.2 Å². The summed E-state index contributed by atoms with van der Waals surface area (Å²) in [6.45, 7) is 0.618. The third-order valence-electron chi connectivity index (χ3n) is 2.78. The van der Waals surface area contributed by atoms with Crippen molar-refractivity contribution in [3.8, 4) is 0 Å². The van der Waals surface area contributed by atoms with Crippen LogP contribution >= 0.6 is 11.8 Å². The topological polar surface area (TPSA) is 81.5 Å². The van der Waals surface area contributed by atoms with Gasteiger partial charge in [-0.15, -0.1) is 0 Å². The molecule has 1 rings (SSSR count). The minimum atomic E-state index is 0.128. The molecule has 0 aromatic rings. The van der Waals surface area contributed by atoms with Gasteiger partial charge in [-0.25, -0.2) is 0 Å². The summed E-state index contributed by atoms with van der Waals surface area (Å²) < 4.78 is 0. The first kappa shape index (κ1) is 13.4. The van der Waals surface area contributed by atoms with E-state index in [2.05, 4.69) is 4.99 Å². The first-order chi connectivity index (χ1) is 7.70. The Hall–Kier alpha value is -0.710. The Kier molecular flexibility index (Phi) is 6.30. The average Bonchev–Trinajstić information content (AvgIpc) is 2.29. The molecule has 0 spiro atoms. The number of aliphatic imine (C=N–C) groups is 1. The zero-order chi connectivity index (χ0) is 11.8. The number of nitrogens with zero attached hydrogens (tertiary/aromatic N) is 1. The highest BCUT2D eigenvalue weighted by atomic mass is 32.2. The number of carbonyl (C=O) groups excluding carboxylic acids is 1. The Morgan fingerprint density at radius 2 is 1.94 bits per heavy atom. The smallest absolute Gasteiger partial charge is 0.192 e. The molecule has 4 nitrogen and oxygen atoms in total. The Morgan fingerprint density at radius 1 is 1.25 bits per heavy atom. The predicted octanol–water partition coefficient (Wildman–Crippen LogP) is 1.49. The Balaban J connectivity index is 2.07. The normalized spacial score (nSPS) is 17.0. The number of hydrogen-bond acceptors (Lipinski definition) is 3. The maximum atomic E-state index is 11.8. The predicted molar refractivity (Wildman–Crippen MR) is 69.3 cm³/mol. The molecule has 0 aliphatic heterocycles. The summed E-state index contributed by atoms with van der Waals surface area (Å²) in [5, 5.41) is 0.365. The Labute approximate surface area is 101 Å².